The van der Waals surface area contributed by atoms with Crippen molar-refractivity contribution in [2.24, 2.45) is 3.21 Å². The number of hydrogen-bond acceptors (Lipinski definition) is 2. The van der Waals surface area contributed by atoms with Gasteiger partial charge in [0.05, 0.1) is 22.9 Å². The van der Waals surface area contributed by atoms with Crippen molar-refractivity contribution >= 4 is 35.0 Å². The maximum Gasteiger partial charge on any atom is 0.347 e. The summed E-state index contributed by atoms with van der Waals surface area (Å²) in [7, 11) is 0. The predicted molar refractivity (Wildman–Crippen MR) is 30.1 cm³/mol. The van der Waals surface area contributed by atoms with Crippen LogP contribution in [0.3, 0.4) is 0 Å². The van der Waals surface area contributed by atoms with Gasteiger partial charge in [-0.25, -0.2) is 8.00 Å². The van der Waals surface area contributed by atoms with E-state index in [1.807, 2.05) is 0 Å². The highest BCUT2D eigenvalue weighted by molar-refractivity contribution is 14.1. The lowest BCUT2D eigenvalue weighted by atomic mass is 10.8. The highest BCUT2D eigenvalue weighted by atomic mass is 127. The molecule has 0 aromatic rings. The maximum absolute atomic E-state index is 9.45. The Morgan fingerprint density at radius 1 is 2.00 bits per heavy atom. The van der Waals surface area contributed by atoms with Gasteiger partial charge in [0, 0.05) is 0 Å². The van der Waals surface area contributed by atoms with Crippen LogP contribution in [-0.4, -0.2) is 17.3 Å². The first-order chi connectivity index (χ1) is 2.77. The lowest BCUT2D eigenvalue weighted by molar-refractivity contribution is -0.128. The zero-order chi connectivity index (χ0) is 4.99. The van der Waals surface area contributed by atoms with Gasteiger partial charge in [-0.15, -0.1) is 0 Å². The molecule has 0 spiro atoms. The van der Waals surface area contributed by atoms with Crippen LogP contribution < -0.4 is 0 Å². The molecule has 3 nitrogen and oxygen atoms in total. The minimum absolute atomic E-state index is 0.820. The monoisotopic (exact) mass is 199 g/mol. The molecule has 6 heavy (non-hydrogen) atoms. The third kappa shape index (κ3) is 3.87. The van der Waals surface area contributed by atoms with Gasteiger partial charge >= 0.3 is 5.97 Å². The topological polar surface area (TPSA) is 49.7 Å². The molecule has 0 amide bonds. The lowest BCUT2D eigenvalue weighted by Gasteiger charge is -1.67. The third-order valence-corrected chi connectivity index (χ3v) is 0.438. The van der Waals surface area contributed by atoms with E-state index >= 15 is 0 Å². The summed E-state index contributed by atoms with van der Waals surface area (Å²) in [5, 5.41) is 7.76. The Hall–Kier alpha value is -0.130. The van der Waals surface area contributed by atoms with Crippen molar-refractivity contribution in [1.29, 1.82) is 0 Å². The normalized spacial score (nSPS) is 9.50. The van der Waals surface area contributed by atoms with Crippen molar-refractivity contribution in [2.75, 3.05) is 0 Å². The molecule has 0 heterocycles. The molecule has 1 N–H and O–H groups in total. The van der Waals surface area contributed by atoms with Crippen molar-refractivity contribution in [2.45, 2.75) is 0 Å². The second-order valence-corrected chi connectivity index (χ2v) is 1.12. The Morgan fingerprint density at radius 3 is 2.50 bits per heavy atom. The van der Waals surface area contributed by atoms with E-state index in [0.717, 1.165) is 6.21 Å². The highest BCUT2D eigenvalue weighted by Crippen LogP contribution is 1.75. The number of halogens is 1. The van der Waals surface area contributed by atoms with E-state index in [0.29, 0.717) is 0 Å². The van der Waals surface area contributed by atoms with Gasteiger partial charge in [0.1, 0.15) is 6.21 Å². The third-order valence-electron chi connectivity index (χ3n) is 0.159. The summed E-state index contributed by atoms with van der Waals surface area (Å²) in [5.74, 6) is -1.01. The molecule has 0 unspecified atom stereocenters. The number of carbonyl (C=O) groups is 1. The molecular formula is C2H2INO2. The fourth-order valence-electron chi connectivity index (χ4n) is 0.0417. The van der Waals surface area contributed by atoms with Crippen LogP contribution in [0.4, 0.5) is 0 Å². The Balaban J connectivity index is 3.30. The molecule has 34 valence electrons. The van der Waals surface area contributed by atoms with E-state index in [1.54, 1.807) is 22.9 Å². The predicted octanol–water partition coefficient (Wildman–Crippen LogP) is 0.492. The molecule has 0 atom stereocenters. The second kappa shape index (κ2) is 3.08. The van der Waals surface area contributed by atoms with Crippen LogP contribution in [0.1, 0.15) is 0 Å². The molecule has 0 aromatic carbocycles. The second-order valence-electron chi connectivity index (χ2n) is 0.565. The highest BCUT2D eigenvalue weighted by Gasteiger charge is 1.79. The first kappa shape index (κ1) is 5.87. The SMILES string of the molecule is O=C(O)/C=N/I. The summed E-state index contributed by atoms with van der Waals surface area (Å²) in [6, 6.07) is 0. The molecule has 4 heteroatoms. The number of nitrogens with zero attached hydrogens (tertiary/aromatic N) is 1. The van der Waals surface area contributed by atoms with Crippen molar-refractivity contribution in [3.05, 3.63) is 0 Å². The van der Waals surface area contributed by atoms with Gasteiger partial charge in [-0.2, -0.15) is 0 Å². The summed E-state index contributed by atoms with van der Waals surface area (Å²) in [6.45, 7) is 0. The van der Waals surface area contributed by atoms with Crippen LogP contribution in [-0.2, 0) is 4.79 Å². The van der Waals surface area contributed by atoms with Crippen LogP contribution in [0, 0.1) is 0 Å². The van der Waals surface area contributed by atoms with Crippen LogP contribution in [0.15, 0.2) is 3.21 Å². The Kier molecular flexibility index (Phi) is 3.01. The summed E-state index contributed by atoms with van der Waals surface area (Å²) in [6.07, 6.45) is 0.820. The average molecular weight is 199 g/mol. The van der Waals surface area contributed by atoms with Crippen molar-refractivity contribution < 1.29 is 9.90 Å². The van der Waals surface area contributed by atoms with Gasteiger partial charge < -0.3 is 5.11 Å². The summed E-state index contributed by atoms with van der Waals surface area (Å²) in [4.78, 5) is 9.45. The van der Waals surface area contributed by atoms with E-state index in [1.165, 1.54) is 0 Å². The maximum atomic E-state index is 9.45. The smallest absolute Gasteiger partial charge is 0.347 e. The first-order valence-electron chi connectivity index (χ1n) is 1.14. The van der Waals surface area contributed by atoms with E-state index in [2.05, 4.69) is 3.21 Å². The van der Waals surface area contributed by atoms with Gasteiger partial charge in [-0.3, -0.25) is 0 Å². The Bertz CT molecular complexity index is 79.6. The molecule has 0 fully saturated rings. The number of carboxylic acid groups (broad SMARTS) is 1. The molecule has 0 saturated carbocycles. The largest absolute Gasteiger partial charge is 0.477 e. The molecular weight excluding hydrogens is 197 g/mol. The van der Waals surface area contributed by atoms with Crippen LogP contribution in [0.5, 0.6) is 0 Å². The Labute approximate surface area is 48.6 Å². The van der Waals surface area contributed by atoms with Crippen LogP contribution in [0.25, 0.3) is 0 Å². The number of aliphatic carboxylic acids is 1. The van der Waals surface area contributed by atoms with Crippen LogP contribution in [0.2, 0.25) is 0 Å². The minimum atomic E-state index is -1.01. The van der Waals surface area contributed by atoms with Crippen molar-refractivity contribution in [3.8, 4) is 0 Å². The Morgan fingerprint density at radius 2 is 2.50 bits per heavy atom. The van der Waals surface area contributed by atoms with Gasteiger partial charge in [0.15, 0.2) is 0 Å². The molecule has 0 aliphatic carbocycles. The van der Waals surface area contributed by atoms with E-state index in [-0.39, 0.29) is 0 Å². The van der Waals surface area contributed by atoms with Crippen molar-refractivity contribution in [3.63, 3.8) is 0 Å². The minimum Gasteiger partial charge on any atom is -0.477 e. The molecule has 0 aromatic heterocycles. The fourth-order valence-corrected chi connectivity index (χ4v) is 0.280. The van der Waals surface area contributed by atoms with Gasteiger partial charge in [-0.1, -0.05) is 0 Å². The van der Waals surface area contributed by atoms with Crippen molar-refractivity contribution in [1.82, 2.24) is 0 Å². The molecule has 0 saturated heterocycles. The fraction of sp³-hybridized carbons (Fsp3) is 0. The van der Waals surface area contributed by atoms with Gasteiger partial charge in [-0.05, 0) is 0 Å². The number of hydrogen-bond donors (Lipinski definition) is 1. The van der Waals surface area contributed by atoms with E-state index in [9.17, 15) is 4.79 Å². The lowest BCUT2D eigenvalue weighted by Crippen LogP contribution is -1.92. The van der Waals surface area contributed by atoms with E-state index < -0.39 is 5.97 Å². The first-order valence-corrected chi connectivity index (χ1v) is 2.11. The average Bonchev–Trinajstić information content (AvgIpc) is 1.35. The zero-order valence-electron chi connectivity index (χ0n) is 2.76. The zero-order valence-corrected chi connectivity index (χ0v) is 4.92. The van der Waals surface area contributed by atoms with E-state index in [4.69, 9.17) is 5.11 Å². The van der Waals surface area contributed by atoms with Crippen LogP contribution >= 0.6 is 22.9 Å². The number of rotatable bonds is 1. The molecule has 0 aliphatic heterocycles. The molecule has 0 aliphatic rings. The molecule has 0 bridgehead atoms. The summed E-state index contributed by atoms with van der Waals surface area (Å²) in [5.41, 5.74) is 0. The van der Waals surface area contributed by atoms with Gasteiger partial charge in [0.25, 0.3) is 0 Å². The quantitative estimate of drug-likeness (QED) is 0.493. The summed E-state index contributed by atoms with van der Waals surface area (Å²) < 4.78 is 3.18. The molecule has 0 radical (unpaired) electrons. The number of carboxylic acids is 1. The van der Waals surface area contributed by atoms with Gasteiger partial charge in [0.2, 0.25) is 0 Å². The standard InChI is InChI=1S/C2H2INO2/c3-4-1-2(5)6/h1H,(H,5,6)/b4-1+. The summed E-state index contributed by atoms with van der Waals surface area (Å²) >= 11 is 1.59. The molecule has 0 rings (SSSR count).